The number of pyridine rings is 1. The lowest BCUT2D eigenvalue weighted by Crippen LogP contribution is -2.55. The Labute approximate surface area is 166 Å². The van der Waals surface area contributed by atoms with Crippen molar-refractivity contribution in [1.29, 1.82) is 0 Å². The van der Waals surface area contributed by atoms with Crippen molar-refractivity contribution in [1.82, 2.24) is 20.1 Å². The number of aromatic nitrogens is 1. The van der Waals surface area contributed by atoms with Crippen LogP contribution in [0.2, 0.25) is 0 Å². The zero-order valence-electron chi connectivity index (χ0n) is 16.6. The molecule has 0 aromatic carbocycles. The van der Waals surface area contributed by atoms with Gasteiger partial charge in [0, 0.05) is 57.4 Å². The Morgan fingerprint density at radius 3 is 2.61 bits per heavy atom. The summed E-state index contributed by atoms with van der Waals surface area (Å²) >= 11 is 0. The summed E-state index contributed by atoms with van der Waals surface area (Å²) in [5.41, 5.74) is 0. The van der Waals surface area contributed by atoms with Crippen LogP contribution in [0.1, 0.15) is 26.2 Å². The molecule has 2 aliphatic rings. The Bertz CT molecular complexity index is 643. The van der Waals surface area contributed by atoms with Crippen LogP contribution in [-0.4, -0.2) is 89.7 Å². The van der Waals surface area contributed by atoms with Crippen LogP contribution in [0.4, 0.5) is 5.82 Å². The number of hydrogen-bond donors (Lipinski definition) is 2. The number of aliphatic carboxylic acids is 1. The summed E-state index contributed by atoms with van der Waals surface area (Å²) in [5, 5.41) is 12.0. The number of amides is 1. The second-order valence-electron chi connectivity index (χ2n) is 7.61. The summed E-state index contributed by atoms with van der Waals surface area (Å²) in [7, 11) is 0. The molecule has 1 saturated heterocycles. The molecule has 28 heavy (non-hydrogen) atoms. The van der Waals surface area contributed by atoms with Gasteiger partial charge in [0.1, 0.15) is 5.82 Å². The summed E-state index contributed by atoms with van der Waals surface area (Å²) in [5.74, 6) is 0.317. The van der Waals surface area contributed by atoms with Gasteiger partial charge in [0.25, 0.3) is 0 Å². The molecule has 1 aromatic rings. The van der Waals surface area contributed by atoms with E-state index in [4.69, 9.17) is 5.11 Å². The Morgan fingerprint density at radius 1 is 1.25 bits per heavy atom. The maximum atomic E-state index is 12.2. The summed E-state index contributed by atoms with van der Waals surface area (Å²) < 4.78 is 0. The van der Waals surface area contributed by atoms with Gasteiger partial charge in [0.2, 0.25) is 5.91 Å². The SMILES string of the molecule is CCN(CC(=O)O)C1CC(NC(=O)CCN2CCN(c3ccccn3)CC2)C1. The van der Waals surface area contributed by atoms with E-state index in [9.17, 15) is 9.59 Å². The number of piperazine rings is 1. The van der Waals surface area contributed by atoms with Gasteiger partial charge in [-0.05, 0) is 31.5 Å². The molecule has 1 aliphatic heterocycles. The highest BCUT2D eigenvalue weighted by molar-refractivity contribution is 5.76. The quantitative estimate of drug-likeness (QED) is 0.641. The van der Waals surface area contributed by atoms with E-state index >= 15 is 0 Å². The standard InChI is InChI=1S/C20H31N5O3/c1-2-24(15-20(27)28)17-13-16(14-17)22-19(26)6-8-23-9-11-25(12-10-23)18-5-3-4-7-21-18/h3-5,7,16-17H,2,6,8-15H2,1H3,(H,22,26)(H,27,28). The maximum absolute atomic E-state index is 12.2. The van der Waals surface area contributed by atoms with Crippen molar-refractivity contribution in [3.8, 4) is 0 Å². The minimum absolute atomic E-state index is 0.0757. The average Bonchev–Trinajstić information content (AvgIpc) is 2.68. The van der Waals surface area contributed by atoms with Crippen LogP contribution in [-0.2, 0) is 9.59 Å². The van der Waals surface area contributed by atoms with Crippen molar-refractivity contribution in [2.75, 3.05) is 50.7 Å². The summed E-state index contributed by atoms with van der Waals surface area (Å²) in [6, 6.07) is 6.41. The average molecular weight is 390 g/mol. The van der Waals surface area contributed by atoms with Gasteiger partial charge in [0.15, 0.2) is 0 Å². The molecular formula is C20H31N5O3. The third-order valence-electron chi connectivity index (χ3n) is 5.74. The first kappa shape index (κ1) is 20.5. The van der Waals surface area contributed by atoms with Crippen molar-refractivity contribution in [2.45, 2.75) is 38.3 Å². The number of carbonyl (C=O) groups excluding carboxylic acids is 1. The molecule has 1 saturated carbocycles. The summed E-state index contributed by atoms with van der Waals surface area (Å²) in [6.07, 6.45) is 4.01. The van der Waals surface area contributed by atoms with Crippen molar-refractivity contribution < 1.29 is 14.7 Å². The van der Waals surface area contributed by atoms with Crippen LogP contribution in [0, 0.1) is 0 Å². The Balaban J connectivity index is 1.30. The van der Waals surface area contributed by atoms with Crippen LogP contribution in [0.3, 0.4) is 0 Å². The number of anilines is 1. The first-order valence-electron chi connectivity index (χ1n) is 10.2. The molecule has 0 bridgehead atoms. The van der Waals surface area contributed by atoms with Gasteiger partial charge in [-0.15, -0.1) is 0 Å². The molecule has 1 amide bonds. The Morgan fingerprint density at radius 2 is 2.00 bits per heavy atom. The number of rotatable bonds is 9. The first-order chi connectivity index (χ1) is 13.5. The Kier molecular flexibility index (Phi) is 7.22. The highest BCUT2D eigenvalue weighted by atomic mass is 16.4. The normalized spacial score (nSPS) is 22.7. The van der Waals surface area contributed by atoms with E-state index in [1.165, 1.54) is 0 Å². The predicted octanol–water partition coefficient (Wildman–Crippen LogP) is 0.647. The van der Waals surface area contributed by atoms with E-state index in [1.807, 2.05) is 36.2 Å². The predicted molar refractivity (Wildman–Crippen MR) is 107 cm³/mol. The largest absolute Gasteiger partial charge is 0.480 e. The second-order valence-corrected chi connectivity index (χ2v) is 7.61. The minimum atomic E-state index is -0.794. The van der Waals surface area contributed by atoms with Gasteiger partial charge >= 0.3 is 5.97 Å². The number of carboxylic acids is 1. The van der Waals surface area contributed by atoms with Gasteiger partial charge in [-0.1, -0.05) is 13.0 Å². The minimum Gasteiger partial charge on any atom is -0.480 e. The van der Waals surface area contributed by atoms with Crippen molar-refractivity contribution in [2.24, 2.45) is 0 Å². The van der Waals surface area contributed by atoms with E-state index in [0.717, 1.165) is 57.9 Å². The highest BCUT2D eigenvalue weighted by Crippen LogP contribution is 2.25. The lowest BCUT2D eigenvalue weighted by molar-refractivity contribution is -0.139. The van der Waals surface area contributed by atoms with Crippen LogP contribution >= 0.6 is 0 Å². The molecular weight excluding hydrogens is 358 g/mol. The first-order valence-corrected chi connectivity index (χ1v) is 10.2. The van der Waals surface area contributed by atoms with Crippen LogP contribution in [0.15, 0.2) is 24.4 Å². The number of likely N-dealkylation sites (N-methyl/N-ethyl adjacent to an activating group) is 1. The van der Waals surface area contributed by atoms with Gasteiger partial charge in [-0.2, -0.15) is 0 Å². The van der Waals surface area contributed by atoms with Crippen molar-refractivity contribution in [3.63, 3.8) is 0 Å². The number of carboxylic acid groups (broad SMARTS) is 1. The molecule has 1 aliphatic carbocycles. The second kappa shape index (κ2) is 9.84. The fourth-order valence-electron chi connectivity index (χ4n) is 3.98. The topological polar surface area (TPSA) is 89.0 Å². The van der Waals surface area contributed by atoms with Gasteiger partial charge in [-0.25, -0.2) is 4.98 Å². The zero-order chi connectivity index (χ0) is 19.9. The number of carbonyl (C=O) groups is 2. The monoisotopic (exact) mass is 389 g/mol. The molecule has 0 unspecified atom stereocenters. The fraction of sp³-hybridized carbons (Fsp3) is 0.650. The zero-order valence-corrected chi connectivity index (χ0v) is 16.6. The molecule has 2 fully saturated rings. The molecule has 8 nitrogen and oxygen atoms in total. The molecule has 2 heterocycles. The van der Waals surface area contributed by atoms with Gasteiger partial charge < -0.3 is 15.3 Å². The van der Waals surface area contributed by atoms with E-state index < -0.39 is 5.97 Å². The Hall–Kier alpha value is -2.19. The highest BCUT2D eigenvalue weighted by Gasteiger charge is 2.34. The third kappa shape index (κ3) is 5.65. The number of hydrogen-bond acceptors (Lipinski definition) is 6. The van der Waals surface area contributed by atoms with Gasteiger partial charge in [0.05, 0.1) is 6.54 Å². The van der Waals surface area contributed by atoms with Crippen molar-refractivity contribution >= 4 is 17.7 Å². The molecule has 1 aromatic heterocycles. The smallest absolute Gasteiger partial charge is 0.317 e. The van der Waals surface area contributed by atoms with Crippen LogP contribution in [0.5, 0.6) is 0 Å². The van der Waals surface area contributed by atoms with E-state index in [-0.39, 0.29) is 24.5 Å². The van der Waals surface area contributed by atoms with E-state index in [2.05, 4.69) is 20.1 Å². The molecule has 0 atom stereocenters. The fourth-order valence-corrected chi connectivity index (χ4v) is 3.98. The maximum Gasteiger partial charge on any atom is 0.317 e. The summed E-state index contributed by atoms with van der Waals surface area (Å²) in [6.45, 7) is 7.29. The molecule has 154 valence electrons. The van der Waals surface area contributed by atoms with E-state index in [1.54, 1.807) is 0 Å². The van der Waals surface area contributed by atoms with Crippen LogP contribution < -0.4 is 10.2 Å². The van der Waals surface area contributed by atoms with Crippen LogP contribution in [0.25, 0.3) is 0 Å². The molecule has 3 rings (SSSR count). The summed E-state index contributed by atoms with van der Waals surface area (Å²) in [4.78, 5) is 34.1. The molecule has 0 radical (unpaired) electrons. The van der Waals surface area contributed by atoms with E-state index in [0.29, 0.717) is 6.42 Å². The molecule has 0 spiro atoms. The molecule has 2 N–H and O–H groups in total. The third-order valence-corrected chi connectivity index (χ3v) is 5.74. The van der Waals surface area contributed by atoms with Gasteiger partial charge in [-0.3, -0.25) is 19.4 Å². The molecule has 8 heteroatoms. The number of nitrogens with zero attached hydrogens (tertiary/aromatic N) is 4. The van der Waals surface area contributed by atoms with Crippen molar-refractivity contribution in [3.05, 3.63) is 24.4 Å². The lowest BCUT2D eigenvalue weighted by atomic mass is 9.85. The number of nitrogens with one attached hydrogen (secondary N) is 1. The lowest BCUT2D eigenvalue weighted by Gasteiger charge is -2.42.